The Morgan fingerprint density at radius 3 is 2.25 bits per heavy atom. The van der Waals surface area contributed by atoms with Gasteiger partial charge in [0.2, 0.25) is 5.91 Å². The lowest BCUT2D eigenvalue weighted by Crippen LogP contribution is -2.62. The van der Waals surface area contributed by atoms with Gasteiger partial charge < -0.3 is 80.0 Å². The van der Waals surface area contributed by atoms with Crippen LogP contribution in [0.25, 0.3) is 49.3 Å². The summed E-state index contributed by atoms with van der Waals surface area (Å²) < 4.78 is 38.2. The minimum absolute atomic E-state index is 0.00873. The van der Waals surface area contributed by atoms with E-state index < -0.39 is 133 Å². The summed E-state index contributed by atoms with van der Waals surface area (Å²) in [5, 5.41) is 74.8. The molecule has 4 aliphatic rings. The van der Waals surface area contributed by atoms with Crippen LogP contribution in [-0.4, -0.2) is 196 Å². The molecule has 12 rings (SSSR count). The van der Waals surface area contributed by atoms with Crippen molar-refractivity contribution < 1.29 is 82.5 Å². The number of rotatable bonds is 8. The van der Waals surface area contributed by atoms with Crippen LogP contribution in [0, 0.1) is 11.3 Å². The molecule has 36 heteroatoms. The summed E-state index contributed by atoms with van der Waals surface area (Å²) in [7, 11) is 6.27. The zero-order chi connectivity index (χ0) is 69.0. The van der Waals surface area contributed by atoms with Gasteiger partial charge in [-0.25, -0.2) is 39.5 Å². The van der Waals surface area contributed by atoms with Crippen molar-refractivity contribution in [2.75, 3.05) is 41.4 Å². The molecule has 0 aliphatic carbocycles. The Kier molecular flexibility index (Phi) is 19.1. The van der Waals surface area contributed by atoms with Crippen molar-refractivity contribution in [2.45, 2.75) is 108 Å². The molecule has 10 unspecified atom stereocenters. The Morgan fingerprint density at radius 2 is 1.53 bits per heavy atom. The van der Waals surface area contributed by atoms with Gasteiger partial charge in [-0.05, 0) is 59.5 Å². The highest BCUT2D eigenvalue weighted by molar-refractivity contribution is 7.14. The van der Waals surface area contributed by atoms with E-state index in [0.29, 0.717) is 10.3 Å². The number of nitrogens with one attached hydrogen (secondary N) is 4. The van der Waals surface area contributed by atoms with Crippen LogP contribution in [-0.2, 0) is 51.2 Å². The molecular weight excluding hydrogens is 1360 g/mol. The van der Waals surface area contributed by atoms with Gasteiger partial charge in [-0.3, -0.25) is 24.0 Å². The van der Waals surface area contributed by atoms with Crippen molar-refractivity contribution in [1.82, 2.24) is 65.7 Å². The fourth-order valence-electron chi connectivity index (χ4n) is 11.8. The van der Waals surface area contributed by atoms with E-state index in [2.05, 4.69) is 36.2 Å². The van der Waals surface area contributed by atoms with Crippen molar-refractivity contribution in [2.24, 2.45) is 0 Å². The second kappa shape index (κ2) is 27.3. The molecule has 12 bridgehead atoms. The Bertz CT molecular complexity index is 4540. The molecular formula is C61H60N14O17S5. The number of hydrogen-bond acceptors (Lipinski definition) is 30. The highest BCUT2D eigenvalue weighted by Gasteiger charge is 2.50. The Morgan fingerprint density at radius 1 is 0.856 bits per heavy atom. The third kappa shape index (κ3) is 13.3. The number of amides is 5. The molecule has 8 aromatic rings. The summed E-state index contributed by atoms with van der Waals surface area (Å²) in [6.45, 7) is 4.05. The van der Waals surface area contributed by atoms with Crippen LogP contribution in [0.1, 0.15) is 125 Å². The molecule has 1 fully saturated rings. The highest BCUT2D eigenvalue weighted by Crippen LogP contribution is 2.43. The maximum atomic E-state index is 15.2. The molecule has 0 spiro atoms. The molecule has 506 valence electrons. The van der Waals surface area contributed by atoms with Gasteiger partial charge in [-0.1, -0.05) is 12.1 Å². The van der Waals surface area contributed by atoms with Crippen LogP contribution < -0.4 is 21.3 Å². The number of methoxy groups -OCH3 is 1. The number of benzene rings is 1. The zero-order valence-electron chi connectivity index (χ0n) is 52.5. The number of aromatic nitrogens is 7. The number of aliphatic hydroxyl groups excluding tert-OH is 1. The molecule has 31 nitrogen and oxygen atoms in total. The number of nitriles is 1. The quantitative estimate of drug-likeness (QED) is 0.0440. The van der Waals surface area contributed by atoms with Crippen LogP contribution in [0.3, 0.4) is 0 Å². The lowest BCUT2D eigenvalue weighted by atomic mass is 9.85. The average molecular weight is 1420 g/mol. The smallest absolute Gasteiger partial charge is 0.358 e. The number of carbonyl (C=O) groups excluding carboxylic acids is 7. The number of pyridine rings is 1. The summed E-state index contributed by atoms with van der Waals surface area (Å²) in [4.78, 5) is 133. The van der Waals surface area contributed by atoms with Crippen LogP contribution in [0.5, 0.6) is 5.75 Å². The third-order valence-corrected chi connectivity index (χ3v) is 20.9. The van der Waals surface area contributed by atoms with Gasteiger partial charge in [-0.15, -0.1) is 56.7 Å². The number of carbonyl (C=O) groups is 7. The van der Waals surface area contributed by atoms with Crippen LogP contribution in [0.2, 0.25) is 0 Å². The SMILES string of the molecule is CO/C(C)=C1/NC(=O)C(C(C)O)NC(=O)c2csc(n2)-c2cc(O)c(-c3nc(C(=O)N(C)CC#N)cs3)nc2-c2csc(n2)C2COC(=O)c3c4c5c(cccc5n3O)COC(=O)C(OC3CC(C)(O)C(N(C)C)C(C)O3)C(OC4)C(NC(=O)c3csc1n3)c1nc(cs1)C(=O)N2. The number of hydrogen-bond donors (Lipinski definition) is 8. The van der Waals surface area contributed by atoms with Crippen molar-refractivity contribution in [3.63, 3.8) is 0 Å². The van der Waals surface area contributed by atoms with E-state index in [1.54, 1.807) is 50.4 Å². The van der Waals surface area contributed by atoms with Gasteiger partial charge in [-0.2, -0.15) is 9.99 Å². The van der Waals surface area contributed by atoms with Gasteiger partial charge >= 0.3 is 11.9 Å². The maximum absolute atomic E-state index is 15.2. The summed E-state index contributed by atoms with van der Waals surface area (Å²) in [5.41, 5.74) is -2.46. The molecule has 8 N–H and O–H groups in total. The first-order valence-corrected chi connectivity index (χ1v) is 34.0. The van der Waals surface area contributed by atoms with Crippen molar-refractivity contribution in [1.29, 1.82) is 5.26 Å². The minimum Gasteiger partial charge on any atom is -0.506 e. The number of thiazole rings is 5. The molecule has 0 saturated carbocycles. The molecule has 7 aromatic heterocycles. The van der Waals surface area contributed by atoms with Crippen molar-refractivity contribution in [3.05, 3.63) is 112 Å². The minimum atomic E-state index is -1.91. The number of aromatic hydroxyl groups is 1. The number of allylic oxidation sites excluding steroid dienone is 1. The molecule has 1 saturated heterocycles. The van der Waals surface area contributed by atoms with Gasteiger partial charge in [0.1, 0.15) is 126 Å². The summed E-state index contributed by atoms with van der Waals surface area (Å²) in [5.74, 6) is -6.88. The number of ether oxygens (including phenoxy) is 6. The lowest BCUT2D eigenvalue weighted by molar-refractivity contribution is -0.280. The van der Waals surface area contributed by atoms with E-state index in [1.807, 2.05) is 6.07 Å². The first kappa shape index (κ1) is 67.7. The number of nitrogens with zero attached hydrogens (tertiary/aromatic N) is 10. The largest absolute Gasteiger partial charge is 0.506 e. The van der Waals surface area contributed by atoms with Crippen LogP contribution in [0.4, 0.5) is 0 Å². The number of esters is 2. The number of likely N-dealkylation sites (N-methyl/N-ethyl adjacent to an activating group) is 1. The number of aliphatic hydroxyl groups is 2. The van der Waals surface area contributed by atoms with E-state index in [1.165, 1.54) is 61.7 Å². The second-order valence-corrected chi connectivity index (χ2v) is 27.7. The highest BCUT2D eigenvalue weighted by atomic mass is 32.1. The molecule has 10 atom stereocenters. The first-order chi connectivity index (χ1) is 46.3. The normalized spacial score (nSPS) is 24.1. The average Bonchev–Trinajstić information content (AvgIpc) is 1.68. The van der Waals surface area contributed by atoms with E-state index in [0.717, 1.165) is 61.6 Å². The molecule has 4 aliphatic heterocycles. The molecule has 97 heavy (non-hydrogen) atoms. The van der Waals surface area contributed by atoms with Crippen LogP contribution >= 0.6 is 56.7 Å². The molecule has 5 amide bonds. The van der Waals surface area contributed by atoms with E-state index in [9.17, 15) is 45.0 Å². The molecule has 0 radical (unpaired) electrons. The topological polar surface area (TPSA) is 416 Å². The van der Waals surface area contributed by atoms with Gasteiger partial charge in [0.15, 0.2) is 18.1 Å². The Hall–Kier alpha value is -9.26. The summed E-state index contributed by atoms with van der Waals surface area (Å²) in [6, 6.07) is 2.65. The summed E-state index contributed by atoms with van der Waals surface area (Å²) >= 11 is 4.60. The maximum Gasteiger partial charge on any atom is 0.358 e. The van der Waals surface area contributed by atoms with E-state index in [4.69, 9.17) is 43.4 Å². The first-order valence-electron chi connectivity index (χ1n) is 29.6. The number of fused-ring (bicyclic) bond motifs is 15. The Balaban J connectivity index is 1.05. The monoisotopic (exact) mass is 1420 g/mol. The Labute approximate surface area is 570 Å². The predicted octanol–water partition coefficient (Wildman–Crippen LogP) is 4.76. The zero-order valence-corrected chi connectivity index (χ0v) is 56.6. The van der Waals surface area contributed by atoms with Crippen molar-refractivity contribution in [3.8, 4) is 44.5 Å². The second-order valence-electron chi connectivity index (χ2n) is 23.3. The van der Waals surface area contributed by atoms with Gasteiger partial charge in [0.25, 0.3) is 23.6 Å². The van der Waals surface area contributed by atoms with E-state index in [-0.39, 0.29) is 111 Å². The fourth-order valence-corrected chi connectivity index (χ4v) is 16.0. The van der Waals surface area contributed by atoms with Crippen LogP contribution in [0.15, 0.2) is 56.9 Å². The predicted molar refractivity (Wildman–Crippen MR) is 347 cm³/mol. The summed E-state index contributed by atoms with van der Waals surface area (Å²) in [6.07, 6.45) is -7.51. The van der Waals surface area contributed by atoms with Crippen molar-refractivity contribution >= 4 is 115 Å². The van der Waals surface area contributed by atoms with Gasteiger partial charge in [0.05, 0.1) is 49.2 Å². The standard InChI is InChI=1S/C61H60N14O17S5/c1-24(76)40-52(81)71-41(25(2)87-8)55-66-34(22-95-55)51(80)72-44-46-47(92-38-15-61(4,85)48(73(5)6)26(3)91-38)60(84)89-16-27-10-9-11-36-39(27)29(17-88-46)45(75(36)86)59(83)90-18-30(63-49(78)32-21-96-57(44)67-32)54-64-31(19-94-54)42-28(53-65-33(20-93-53)50(79)70-40)14-37(77)43(69-42)56-68-35(23-97-56)58(82)74(7)13-12-62/h9-11,14,19-24,26,30,38,40,44,46-48,76-77,85-86H,13,15-18H2,1-8H3,(H,63,78)(H,70,79)(H,71,81)(H,72,80)/b41-25+. The fraction of sp³-hybridized carbons (Fsp3) is 0.377. The van der Waals surface area contributed by atoms with E-state index >= 15 is 14.4 Å². The van der Waals surface area contributed by atoms with Gasteiger partial charge in [0, 0.05) is 56.9 Å². The third-order valence-electron chi connectivity index (χ3n) is 16.4. The number of cyclic esters (lactones) is 2. The lowest BCUT2D eigenvalue weighted by Gasteiger charge is -2.48. The molecule has 1 aromatic carbocycles. The molecule has 11 heterocycles.